The lowest BCUT2D eigenvalue weighted by Crippen LogP contribution is -2.23. The Morgan fingerprint density at radius 3 is 2.78 bits per heavy atom. The van der Waals surface area contributed by atoms with Gasteiger partial charge in [0, 0.05) is 12.3 Å². The van der Waals surface area contributed by atoms with Gasteiger partial charge in [0.05, 0.1) is 12.6 Å². The van der Waals surface area contributed by atoms with Crippen molar-refractivity contribution in [3.63, 3.8) is 0 Å². The topological polar surface area (TPSA) is 81.1 Å². The van der Waals surface area contributed by atoms with E-state index in [1.54, 1.807) is 0 Å². The second-order valence-electron chi connectivity index (χ2n) is 7.10. The molecule has 3 heterocycles. The van der Waals surface area contributed by atoms with Gasteiger partial charge in [-0.2, -0.15) is 9.97 Å². The Balaban J connectivity index is 1.43. The molecule has 0 spiro atoms. The van der Waals surface area contributed by atoms with Crippen molar-refractivity contribution in [1.82, 2.24) is 25.2 Å². The van der Waals surface area contributed by atoms with Crippen LogP contribution in [0.15, 0.2) is 9.05 Å². The number of likely N-dealkylation sites (tertiary alicyclic amines) is 1. The van der Waals surface area contributed by atoms with Crippen molar-refractivity contribution in [2.75, 3.05) is 6.54 Å². The molecule has 0 bridgehead atoms. The zero-order valence-corrected chi connectivity index (χ0v) is 13.7. The maximum atomic E-state index is 5.41. The standard InChI is InChI=1S/C16H23N5O2/c1-10(2)8-13-17-14(22-19-13)9-21-7-3-4-12(21)15-18-16(23-20-15)11-5-6-11/h10-12H,3-9H2,1-2H3. The summed E-state index contributed by atoms with van der Waals surface area (Å²) in [5.74, 6) is 4.12. The fraction of sp³-hybridized carbons (Fsp3) is 0.750. The van der Waals surface area contributed by atoms with E-state index >= 15 is 0 Å². The quantitative estimate of drug-likeness (QED) is 0.810. The molecule has 23 heavy (non-hydrogen) atoms. The highest BCUT2D eigenvalue weighted by Crippen LogP contribution is 2.40. The third-order valence-corrected chi connectivity index (χ3v) is 4.49. The number of hydrogen-bond donors (Lipinski definition) is 0. The zero-order chi connectivity index (χ0) is 15.8. The van der Waals surface area contributed by atoms with E-state index in [4.69, 9.17) is 9.05 Å². The SMILES string of the molecule is CC(C)Cc1noc(CN2CCCC2c2noc(C3CC3)n2)n1. The van der Waals surface area contributed by atoms with Gasteiger partial charge in [0.2, 0.25) is 11.8 Å². The molecule has 0 N–H and O–H groups in total. The van der Waals surface area contributed by atoms with Gasteiger partial charge in [0.15, 0.2) is 11.6 Å². The largest absolute Gasteiger partial charge is 0.339 e. The molecule has 1 atom stereocenters. The van der Waals surface area contributed by atoms with E-state index in [0.717, 1.165) is 43.3 Å². The Morgan fingerprint density at radius 2 is 2.00 bits per heavy atom. The molecule has 7 nitrogen and oxygen atoms in total. The van der Waals surface area contributed by atoms with Crippen LogP contribution in [0.25, 0.3) is 0 Å². The van der Waals surface area contributed by atoms with Gasteiger partial charge in [-0.1, -0.05) is 24.2 Å². The van der Waals surface area contributed by atoms with Crippen molar-refractivity contribution in [2.24, 2.45) is 5.92 Å². The second-order valence-corrected chi connectivity index (χ2v) is 7.10. The van der Waals surface area contributed by atoms with Crippen molar-refractivity contribution in [3.05, 3.63) is 23.4 Å². The van der Waals surface area contributed by atoms with Crippen LogP contribution in [0.1, 0.15) is 74.9 Å². The highest BCUT2D eigenvalue weighted by Gasteiger charge is 2.34. The van der Waals surface area contributed by atoms with Crippen LogP contribution in [-0.4, -0.2) is 31.7 Å². The van der Waals surface area contributed by atoms with Crippen LogP contribution in [0.3, 0.4) is 0 Å². The summed E-state index contributed by atoms with van der Waals surface area (Å²) in [5.41, 5.74) is 0. The Kier molecular flexibility index (Phi) is 3.88. The molecule has 2 aliphatic rings. The van der Waals surface area contributed by atoms with E-state index in [2.05, 4.69) is 39.0 Å². The molecule has 1 aliphatic carbocycles. The minimum absolute atomic E-state index is 0.201. The van der Waals surface area contributed by atoms with Crippen molar-refractivity contribution in [2.45, 2.75) is 64.5 Å². The third-order valence-electron chi connectivity index (χ3n) is 4.49. The van der Waals surface area contributed by atoms with E-state index < -0.39 is 0 Å². The van der Waals surface area contributed by atoms with Crippen LogP contribution in [-0.2, 0) is 13.0 Å². The smallest absolute Gasteiger partial charge is 0.240 e. The summed E-state index contributed by atoms with van der Waals surface area (Å²) in [4.78, 5) is 11.4. The van der Waals surface area contributed by atoms with Crippen molar-refractivity contribution < 1.29 is 9.05 Å². The van der Waals surface area contributed by atoms with Crippen LogP contribution in [0.4, 0.5) is 0 Å². The average molecular weight is 317 g/mol. The Bertz CT molecular complexity index is 661. The van der Waals surface area contributed by atoms with Gasteiger partial charge in [-0.3, -0.25) is 4.90 Å². The molecular formula is C16H23N5O2. The molecule has 2 aromatic rings. The fourth-order valence-corrected chi connectivity index (χ4v) is 3.16. The first-order valence-corrected chi connectivity index (χ1v) is 8.58. The lowest BCUT2D eigenvalue weighted by atomic mass is 10.1. The van der Waals surface area contributed by atoms with Crippen molar-refractivity contribution >= 4 is 0 Å². The van der Waals surface area contributed by atoms with Gasteiger partial charge in [-0.05, 0) is 38.1 Å². The van der Waals surface area contributed by atoms with E-state index in [1.807, 2.05) is 0 Å². The minimum Gasteiger partial charge on any atom is -0.339 e. The molecule has 0 radical (unpaired) electrons. The molecule has 0 amide bonds. The monoisotopic (exact) mass is 317 g/mol. The Morgan fingerprint density at radius 1 is 1.13 bits per heavy atom. The normalized spacial score (nSPS) is 22.3. The first-order chi connectivity index (χ1) is 11.2. The fourth-order valence-electron chi connectivity index (χ4n) is 3.16. The van der Waals surface area contributed by atoms with Gasteiger partial charge in [-0.25, -0.2) is 0 Å². The number of aromatic nitrogens is 4. The third kappa shape index (κ3) is 3.29. The number of nitrogens with zero attached hydrogens (tertiary/aromatic N) is 5. The zero-order valence-electron chi connectivity index (χ0n) is 13.7. The van der Waals surface area contributed by atoms with E-state index in [-0.39, 0.29) is 6.04 Å². The molecule has 1 unspecified atom stereocenters. The second kappa shape index (κ2) is 6.03. The highest BCUT2D eigenvalue weighted by molar-refractivity contribution is 5.05. The van der Waals surface area contributed by atoms with E-state index in [0.29, 0.717) is 24.3 Å². The summed E-state index contributed by atoms with van der Waals surface area (Å²) in [5, 5.41) is 8.27. The molecule has 1 aliphatic heterocycles. The van der Waals surface area contributed by atoms with Crippen LogP contribution in [0, 0.1) is 5.92 Å². The first-order valence-electron chi connectivity index (χ1n) is 8.58. The summed E-state index contributed by atoms with van der Waals surface area (Å²) < 4.78 is 10.8. The molecule has 2 aromatic heterocycles. The van der Waals surface area contributed by atoms with Gasteiger partial charge in [-0.15, -0.1) is 0 Å². The Hall–Kier alpha value is -1.76. The molecule has 1 saturated carbocycles. The van der Waals surface area contributed by atoms with Crippen LogP contribution < -0.4 is 0 Å². The summed E-state index contributed by atoms with van der Waals surface area (Å²) in [6.45, 7) is 5.96. The summed E-state index contributed by atoms with van der Waals surface area (Å²) in [6.07, 6.45) is 5.39. The van der Waals surface area contributed by atoms with Crippen molar-refractivity contribution in [1.29, 1.82) is 0 Å². The van der Waals surface area contributed by atoms with Crippen molar-refractivity contribution in [3.8, 4) is 0 Å². The minimum atomic E-state index is 0.201. The molecule has 1 saturated heterocycles. The van der Waals surface area contributed by atoms with Crippen LogP contribution in [0.2, 0.25) is 0 Å². The van der Waals surface area contributed by atoms with Gasteiger partial charge < -0.3 is 9.05 Å². The van der Waals surface area contributed by atoms with E-state index in [9.17, 15) is 0 Å². The van der Waals surface area contributed by atoms with Gasteiger partial charge in [0.1, 0.15) is 0 Å². The number of rotatable bonds is 6. The molecular weight excluding hydrogens is 294 g/mol. The molecule has 4 rings (SSSR count). The van der Waals surface area contributed by atoms with E-state index in [1.165, 1.54) is 12.8 Å². The predicted octanol–water partition coefficient (Wildman–Crippen LogP) is 2.87. The summed E-state index contributed by atoms with van der Waals surface area (Å²) in [6, 6.07) is 0.201. The maximum absolute atomic E-state index is 5.41. The lowest BCUT2D eigenvalue weighted by molar-refractivity contribution is 0.202. The molecule has 2 fully saturated rings. The van der Waals surface area contributed by atoms with Gasteiger partial charge in [0.25, 0.3) is 0 Å². The first kappa shape index (κ1) is 14.8. The van der Waals surface area contributed by atoms with Crippen LogP contribution in [0.5, 0.6) is 0 Å². The maximum Gasteiger partial charge on any atom is 0.240 e. The number of hydrogen-bond acceptors (Lipinski definition) is 7. The predicted molar refractivity (Wildman–Crippen MR) is 81.5 cm³/mol. The summed E-state index contributed by atoms with van der Waals surface area (Å²) in [7, 11) is 0. The average Bonchev–Trinajstić information content (AvgIpc) is 2.91. The molecule has 0 aromatic carbocycles. The summed E-state index contributed by atoms with van der Waals surface area (Å²) >= 11 is 0. The van der Waals surface area contributed by atoms with Gasteiger partial charge >= 0.3 is 0 Å². The molecule has 7 heteroatoms. The Labute approximate surface area is 135 Å². The van der Waals surface area contributed by atoms with Crippen LogP contribution >= 0.6 is 0 Å². The highest BCUT2D eigenvalue weighted by atomic mass is 16.5. The lowest BCUT2D eigenvalue weighted by Gasteiger charge is -2.19. The molecule has 124 valence electrons.